The second-order valence-electron chi connectivity index (χ2n) is 5.64. The number of benzene rings is 1. The number of carbonyl (C=O) groups excluding carboxylic acids is 2. The zero-order chi connectivity index (χ0) is 14.8. The molecule has 1 unspecified atom stereocenters. The molecular formula is C15H18BrNO3. The van der Waals surface area contributed by atoms with Crippen LogP contribution in [-0.2, 0) is 16.1 Å². The maximum Gasteiger partial charge on any atom is 0.410 e. The molecule has 0 bridgehead atoms. The van der Waals surface area contributed by atoms with Crippen molar-refractivity contribution in [3.8, 4) is 0 Å². The summed E-state index contributed by atoms with van der Waals surface area (Å²) in [5.41, 5.74) is 0.404. The number of nitrogens with zero attached hydrogens (tertiary/aromatic N) is 1. The number of carbonyl (C=O) groups is 2. The van der Waals surface area contributed by atoms with Crippen LogP contribution in [0.2, 0.25) is 0 Å². The smallest absolute Gasteiger partial charge is 0.410 e. The predicted octanol–water partition coefficient (Wildman–Crippen LogP) is 3.00. The van der Waals surface area contributed by atoms with Crippen molar-refractivity contribution >= 4 is 27.8 Å². The van der Waals surface area contributed by atoms with E-state index in [0.717, 1.165) is 5.56 Å². The van der Waals surface area contributed by atoms with E-state index in [2.05, 4.69) is 15.9 Å². The van der Waals surface area contributed by atoms with Crippen molar-refractivity contribution in [1.29, 1.82) is 0 Å². The highest BCUT2D eigenvalue weighted by Gasteiger charge is 2.41. The first kappa shape index (κ1) is 15.0. The van der Waals surface area contributed by atoms with Crippen LogP contribution in [0.3, 0.4) is 0 Å². The van der Waals surface area contributed by atoms with Crippen LogP contribution in [0.5, 0.6) is 0 Å². The van der Waals surface area contributed by atoms with Crippen LogP contribution in [0.15, 0.2) is 30.3 Å². The number of rotatable bonds is 2. The van der Waals surface area contributed by atoms with E-state index in [-0.39, 0.29) is 23.3 Å². The minimum Gasteiger partial charge on any atom is -0.445 e. The quantitative estimate of drug-likeness (QED) is 0.778. The molecule has 0 spiro atoms. The molecule has 0 radical (unpaired) electrons. The molecule has 1 saturated heterocycles. The Balaban J connectivity index is 1.94. The topological polar surface area (TPSA) is 46.6 Å². The number of halogens is 1. The Labute approximate surface area is 127 Å². The van der Waals surface area contributed by atoms with Gasteiger partial charge in [-0.1, -0.05) is 60.1 Å². The van der Waals surface area contributed by atoms with Gasteiger partial charge in [-0.05, 0) is 5.56 Å². The van der Waals surface area contributed by atoms with Crippen molar-refractivity contribution in [2.75, 3.05) is 13.1 Å². The molecule has 108 valence electrons. The number of alkyl halides is 1. The van der Waals surface area contributed by atoms with E-state index in [9.17, 15) is 9.59 Å². The fourth-order valence-electron chi connectivity index (χ4n) is 2.27. The molecule has 1 aromatic carbocycles. The summed E-state index contributed by atoms with van der Waals surface area (Å²) >= 11 is 3.34. The van der Waals surface area contributed by atoms with Gasteiger partial charge in [-0.15, -0.1) is 0 Å². The summed E-state index contributed by atoms with van der Waals surface area (Å²) in [6.45, 7) is 4.69. The molecule has 1 fully saturated rings. The number of hydrogen-bond acceptors (Lipinski definition) is 3. The molecule has 1 atom stereocenters. The lowest BCUT2D eigenvalue weighted by Gasteiger charge is -2.38. The first-order valence-electron chi connectivity index (χ1n) is 6.54. The summed E-state index contributed by atoms with van der Waals surface area (Å²) in [5.74, 6) is 0.129. The molecule has 5 heteroatoms. The van der Waals surface area contributed by atoms with E-state index in [1.54, 1.807) is 4.90 Å². The highest BCUT2D eigenvalue weighted by Crippen LogP contribution is 2.29. The first-order chi connectivity index (χ1) is 9.40. The lowest BCUT2D eigenvalue weighted by atomic mass is 9.83. The molecule has 0 N–H and O–H groups in total. The van der Waals surface area contributed by atoms with Gasteiger partial charge >= 0.3 is 6.09 Å². The van der Waals surface area contributed by atoms with Gasteiger partial charge in [-0.25, -0.2) is 4.79 Å². The Morgan fingerprint density at radius 3 is 2.65 bits per heavy atom. The van der Waals surface area contributed by atoms with E-state index >= 15 is 0 Å². The third-order valence-electron chi connectivity index (χ3n) is 3.38. The molecular weight excluding hydrogens is 322 g/mol. The minimum atomic E-state index is -0.543. The van der Waals surface area contributed by atoms with Gasteiger partial charge in [0, 0.05) is 18.5 Å². The van der Waals surface area contributed by atoms with Crippen molar-refractivity contribution in [3.05, 3.63) is 35.9 Å². The molecule has 20 heavy (non-hydrogen) atoms. The molecule has 1 aliphatic heterocycles. The van der Waals surface area contributed by atoms with Gasteiger partial charge in [0.1, 0.15) is 6.61 Å². The average Bonchev–Trinajstić information content (AvgIpc) is 2.42. The van der Waals surface area contributed by atoms with E-state index in [1.165, 1.54) is 0 Å². The van der Waals surface area contributed by atoms with Crippen LogP contribution in [0.4, 0.5) is 4.79 Å². The van der Waals surface area contributed by atoms with Crippen LogP contribution >= 0.6 is 15.9 Å². The molecule has 1 aromatic rings. The molecule has 2 rings (SSSR count). The lowest BCUT2D eigenvalue weighted by molar-refractivity contribution is -0.130. The Kier molecular flexibility index (Phi) is 4.48. The molecule has 0 aliphatic carbocycles. The Bertz CT molecular complexity index is 501. The van der Waals surface area contributed by atoms with Crippen molar-refractivity contribution in [2.24, 2.45) is 5.41 Å². The minimum absolute atomic E-state index is 0.129. The summed E-state index contributed by atoms with van der Waals surface area (Å²) in [6.07, 6.45) is -0.376. The Morgan fingerprint density at radius 2 is 2.05 bits per heavy atom. The average molecular weight is 340 g/mol. The van der Waals surface area contributed by atoms with Crippen LogP contribution in [-0.4, -0.2) is 34.7 Å². The fourth-order valence-corrected chi connectivity index (χ4v) is 3.24. The molecule has 0 aromatic heterocycles. The van der Waals surface area contributed by atoms with Gasteiger partial charge in [0.15, 0.2) is 5.78 Å². The van der Waals surface area contributed by atoms with Gasteiger partial charge in [-0.2, -0.15) is 0 Å². The first-order valence-corrected chi connectivity index (χ1v) is 7.46. The summed E-state index contributed by atoms with van der Waals surface area (Å²) in [4.78, 5) is 25.3. The summed E-state index contributed by atoms with van der Waals surface area (Å²) < 4.78 is 5.30. The summed E-state index contributed by atoms with van der Waals surface area (Å²) in [7, 11) is 0. The monoisotopic (exact) mass is 339 g/mol. The van der Waals surface area contributed by atoms with Crippen LogP contribution < -0.4 is 0 Å². The number of ether oxygens (including phenoxy) is 1. The number of ketones is 1. The van der Waals surface area contributed by atoms with E-state index in [1.807, 2.05) is 44.2 Å². The highest BCUT2D eigenvalue weighted by molar-refractivity contribution is 9.10. The van der Waals surface area contributed by atoms with Crippen LogP contribution in [0.1, 0.15) is 19.4 Å². The van der Waals surface area contributed by atoms with Crippen LogP contribution in [0.25, 0.3) is 0 Å². The maximum atomic E-state index is 12.1. The van der Waals surface area contributed by atoms with E-state index in [4.69, 9.17) is 4.74 Å². The number of hydrogen-bond donors (Lipinski definition) is 0. The number of amides is 1. The standard InChI is InChI=1S/C15H18BrNO3/c1-15(2)10-17(8-12(16)13(15)18)14(19)20-9-11-6-4-3-5-7-11/h3-7,12H,8-10H2,1-2H3. The maximum absolute atomic E-state index is 12.1. The van der Waals surface area contributed by atoms with Gasteiger partial charge in [0.2, 0.25) is 0 Å². The summed E-state index contributed by atoms with van der Waals surface area (Å²) in [6, 6.07) is 9.54. The van der Waals surface area contributed by atoms with E-state index < -0.39 is 5.41 Å². The third-order valence-corrected chi connectivity index (χ3v) is 4.09. The van der Waals surface area contributed by atoms with Gasteiger partial charge in [0.05, 0.1) is 4.83 Å². The number of Topliss-reactive ketones (excluding diaryl/α,β-unsaturated/α-hetero) is 1. The predicted molar refractivity (Wildman–Crippen MR) is 79.7 cm³/mol. The van der Waals surface area contributed by atoms with Crippen molar-refractivity contribution in [2.45, 2.75) is 25.3 Å². The SMILES string of the molecule is CC1(C)CN(C(=O)OCc2ccccc2)CC(Br)C1=O. The number of piperidine rings is 1. The van der Waals surface area contributed by atoms with Gasteiger partial charge < -0.3 is 9.64 Å². The lowest BCUT2D eigenvalue weighted by Crippen LogP contribution is -2.54. The van der Waals surface area contributed by atoms with E-state index in [0.29, 0.717) is 13.1 Å². The van der Waals surface area contributed by atoms with Crippen LogP contribution in [0, 0.1) is 5.41 Å². The normalized spacial score (nSPS) is 21.6. The molecule has 1 heterocycles. The van der Waals surface area contributed by atoms with Crippen molar-refractivity contribution in [3.63, 3.8) is 0 Å². The second kappa shape index (κ2) is 5.95. The number of likely N-dealkylation sites (tertiary alicyclic amines) is 1. The third kappa shape index (κ3) is 3.39. The second-order valence-corrected chi connectivity index (χ2v) is 6.74. The van der Waals surface area contributed by atoms with Gasteiger partial charge in [0.25, 0.3) is 0 Å². The summed E-state index contributed by atoms with van der Waals surface area (Å²) in [5, 5.41) is 0. The zero-order valence-electron chi connectivity index (χ0n) is 11.6. The highest BCUT2D eigenvalue weighted by atomic mass is 79.9. The largest absolute Gasteiger partial charge is 0.445 e. The molecule has 4 nitrogen and oxygen atoms in total. The fraction of sp³-hybridized carbons (Fsp3) is 0.467. The molecule has 1 aliphatic rings. The van der Waals surface area contributed by atoms with Gasteiger partial charge in [-0.3, -0.25) is 4.79 Å². The van der Waals surface area contributed by atoms with Crippen molar-refractivity contribution < 1.29 is 14.3 Å². The zero-order valence-corrected chi connectivity index (χ0v) is 13.2. The molecule has 0 saturated carbocycles. The Hall–Kier alpha value is -1.36. The molecule has 1 amide bonds. The Morgan fingerprint density at radius 1 is 1.40 bits per heavy atom. The van der Waals surface area contributed by atoms with Crippen molar-refractivity contribution in [1.82, 2.24) is 4.90 Å².